The minimum atomic E-state index is -0.136. The first-order valence-corrected chi connectivity index (χ1v) is 10.7. The Labute approximate surface area is 190 Å². The van der Waals surface area contributed by atoms with E-state index in [1.165, 1.54) is 11.6 Å². The Morgan fingerprint density at radius 1 is 0.812 bits per heavy atom. The summed E-state index contributed by atoms with van der Waals surface area (Å²) in [6.07, 6.45) is 6.07. The average molecular weight is 443 g/mol. The molecule has 7 heteroatoms. The van der Waals surface area contributed by atoms with Crippen LogP contribution in [0.3, 0.4) is 0 Å². The van der Waals surface area contributed by atoms with Crippen LogP contribution in [0.1, 0.15) is 24.0 Å². The van der Waals surface area contributed by atoms with Gasteiger partial charge >= 0.3 is 0 Å². The van der Waals surface area contributed by atoms with Crippen molar-refractivity contribution >= 4 is 12.0 Å². The van der Waals surface area contributed by atoms with Crippen molar-refractivity contribution in [3.63, 3.8) is 0 Å². The molecule has 0 bridgehead atoms. The molecule has 174 valence electrons. The third-order valence-corrected chi connectivity index (χ3v) is 4.95. The van der Waals surface area contributed by atoms with Crippen molar-refractivity contribution in [2.45, 2.75) is 19.3 Å². The summed E-state index contributed by atoms with van der Waals surface area (Å²) in [5, 5.41) is 6.31. The largest absolute Gasteiger partial charge is 0.497 e. The molecule has 0 aliphatic rings. The molecule has 2 aromatic carbocycles. The van der Waals surface area contributed by atoms with Crippen LogP contribution in [-0.4, -0.2) is 54.0 Å². The van der Waals surface area contributed by atoms with Crippen LogP contribution in [0, 0.1) is 0 Å². The number of ether oxygens (including phenoxy) is 4. The first-order valence-electron chi connectivity index (χ1n) is 10.7. The number of benzene rings is 2. The highest BCUT2D eigenvalue weighted by Crippen LogP contribution is 2.28. The molecule has 0 fully saturated rings. The Balaban J connectivity index is 1.61. The Bertz CT molecular complexity index is 883. The second-order valence-corrected chi connectivity index (χ2v) is 7.13. The van der Waals surface area contributed by atoms with Gasteiger partial charge < -0.3 is 29.6 Å². The SMILES string of the molecule is COc1ccc(OC)c(/C=C/C(=O)NCCCNCCCc2ccc(OC)c(OC)c2)c1. The van der Waals surface area contributed by atoms with Gasteiger partial charge in [-0.2, -0.15) is 0 Å². The number of methoxy groups -OCH3 is 4. The summed E-state index contributed by atoms with van der Waals surface area (Å²) in [4.78, 5) is 12.1. The average Bonchev–Trinajstić information content (AvgIpc) is 2.83. The fourth-order valence-electron chi connectivity index (χ4n) is 3.20. The van der Waals surface area contributed by atoms with E-state index in [1.807, 2.05) is 30.3 Å². The standard InChI is InChI=1S/C25H34N2O5/c1-29-21-10-12-22(30-2)20(18-21)9-13-25(28)27-16-6-15-26-14-5-7-19-8-11-23(31-3)24(17-19)32-4/h8-13,17-18,26H,5-7,14-16H2,1-4H3,(H,27,28)/b13-9+. The zero-order valence-electron chi connectivity index (χ0n) is 19.4. The van der Waals surface area contributed by atoms with Crippen molar-refractivity contribution < 1.29 is 23.7 Å². The molecular weight excluding hydrogens is 408 g/mol. The zero-order valence-corrected chi connectivity index (χ0v) is 19.4. The molecule has 1 amide bonds. The van der Waals surface area contributed by atoms with Crippen LogP contribution in [-0.2, 0) is 11.2 Å². The molecule has 0 saturated carbocycles. The van der Waals surface area contributed by atoms with Crippen molar-refractivity contribution in [1.29, 1.82) is 0 Å². The highest BCUT2D eigenvalue weighted by atomic mass is 16.5. The van der Waals surface area contributed by atoms with E-state index in [-0.39, 0.29) is 5.91 Å². The maximum atomic E-state index is 12.1. The first-order chi connectivity index (χ1) is 15.6. The molecule has 0 atom stereocenters. The van der Waals surface area contributed by atoms with E-state index in [9.17, 15) is 4.79 Å². The summed E-state index contributed by atoms with van der Waals surface area (Å²) in [7, 11) is 6.48. The summed E-state index contributed by atoms with van der Waals surface area (Å²) < 4.78 is 21.1. The molecule has 2 N–H and O–H groups in total. The second kappa shape index (κ2) is 14.0. The molecule has 0 aliphatic carbocycles. The number of amides is 1. The normalized spacial score (nSPS) is 10.8. The molecule has 0 heterocycles. The van der Waals surface area contributed by atoms with Crippen molar-refractivity contribution in [2.75, 3.05) is 48.1 Å². The van der Waals surface area contributed by atoms with Gasteiger partial charge in [0.05, 0.1) is 28.4 Å². The van der Waals surface area contributed by atoms with Gasteiger partial charge in [0, 0.05) is 18.2 Å². The van der Waals surface area contributed by atoms with Crippen LogP contribution < -0.4 is 29.6 Å². The van der Waals surface area contributed by atoms with E-state index in [0.717, 1.165) is 49.4 Å². The smallest absolute Gasteiger partial charge is 0.244 e. The molecule has 0 aromatic heterocycles. The van der Waals surface area contributed by atoms with Crippen molar-refractivity contribution in [2.24, 2.45) is 0 Å². The summed E-state index contributed by atoms with van der Waals surface area (Å²) in [6.45, 7) is 2.37. The molecule has 0 saturated heterocycles. The number of rotatable bonds is 14. The van der Waals surface area contributed by atoms with Crippen LogP contribution >= 0.6 is 0 Å². The van der Waals surface area contributed by atoms with E-state index in [2.05, 4.69) is 16.7 Å². The third-order valence-electron chi connectivity index (χ3n) is 4.95. The van der Waals surface area contributed by atoms with Crippen LogP contribution in [0.25, 0.3) is 6.08 Å². The number of hydrogen-bond donors (Lipinski definition) is 2. The number of carbonyl (C=O) groups excluding carboxylic acids is 1. The third kappa shape index (κ3) is 8.15. The van der Waals surface area contributed by atoms with Gasteiger partial charge in [-0.05, 0) is 74.3 Å². The quantitative estimate of drug-likeness (QED) is 0.345. The minimum absolute atomic E-state index is 0.136. The summed E-state index contributed by atoms with van der Waals surface area (Å²) in [5.74, 6) is 2.76. The fourth-order valence-corrected chi connectivity index (χ4v) is 3.20. The molecule has 2 rings (SSSR count). The lowest BCUT2D eigenvalue weighted by Crippen LogP contribution is -2.26. The van der Waals surface area contributed by atoms with Gasteiger partial charge in [-0.25, -0.2) is 0 Å². The van der Waals surface area contributed by atoms with Crippen molar-refractivity contribution in [1.82, 2.24) is 10.6 Å². The van der Waals surface area contributed by atoms with E-state index in [4.69, 9.17) is 18.9 Å². The predicted octanol–water partition coefficient (Wildman–Crippen LogP) is 3.46. The van der Waals surface area contributed by atoms with Gasteiger partial charge in [-0.1, -0.05) is 6.07 Å². The van der Waals surface area contributed by atoms with Gasteiger partial charge in [0.2, 0.25) is 5.91 Å². The highest BCUT2D eigenvalue weighted by Gasteiger charge is 2.05. The molecular formula is C25H34N2O5. The molecule has 0 aliphatic heterocycles. The second-order valence-electron chi connectivity index (χ2n) is 7.13. The molecule has 7 nitrogen and oxygen atoms in total. The van der Waals surface area contributed by atoms with Crippen molar-refractivity contribution in [3.8, 4) is 23.0 Å². The van der Waals surface area contributed by atoms with Crippen LogP contribution in [0.15, 0.2) is 42.5 Å². The van der Waals surface area contributed by atoms with Gasteiger partial charge in [0.1, 0.15) is 11.5 Å². The summed E-state index contributed by atoms with van der Waals surface area (Å²) >= 11 is 0. The zero-order chi connectivity index (χ0) is 23.2. The number of aryl methyl sites for hydroxylation is 1. The van der Waals surface area contributed by atoms with Gasteiger partial charge in [0.15, 0.2) is 11.5 Å². The molecule has 0 radical (unpaired) electrons. The number of hydrogen-bond acceptors (Lipinski definition) is 6. The van der Waals surface area contributed by atoms with E-state index in [1.54, 1.807) is 34.5 Å². The summed E-state index contributed by atoms with van der Waals surface area (Å²) in [6, 6.07) is 11.5. The molecule has 32 heavy (non-hydrogen) atoms. The van der Waals surface area contributed by atoms with Crippen LogP contribution in [0.2, 0.25) is 0 Å². The molecule has 0 unspecified atom stereocenters. The Morgan fingerprint density at radius 2 is 1.53 bits per heavy atom. The number of carbonyl (C=O) groups is 1. The van der Waals surface area contributed by atoms with Gasteiger partial charge in [-0.15, -0.1) is 0 Å². The van der Waals surface area contributed by atoms with E-state index < -0.39 is 0 Å². The molecule has 0 spiro atoms. The van der Waals surface area contributed by atoms with Crippen molar-refractivity contribution in [3.05, 3.63) is 53.6 Å². The maximum absolute atomic E-state index is 12.1. The van der Waals surface area contributed by atoms with E-state index in [0.29, 0.717) is 18.0 Å². The highest BCUT2D eigenvalue weighted by molar-refractivity contribution is 5.92. The van der Waals surface area contributed by atoms with E-state index >= 15 is 0 Å². The van der Waals surface area contributed by atoms with Gasteiger partial charge in [0.25, 0.3) is 0 Å². The lowest BCUT2D eigenvalue weighted by atomic mass is 10.1. The Hall–Kier alpha value is -3.19. The monoisotopic (exact) mass is 442 g/mol. The Morgan fingerprint density at radius 3 is 2.25 bits per heavy atom. The van der Waals surface area contributed by atoms with Gasteiger partial charge in [-0.3, -0.25) is 4.79 Å². The summed E-state index contributed by atoms with van der Waals surface area (Å²) in [5.41, 5.74) is 2.01. The maximum Gasteiger partial charge on any atom is 0.244 e. The lowest BCUT2D eigenvalue weighted by Gasteiger charge is -2.10. The molecule has 2 aromatic rings. The first kappa shape index (κ1) is 25.1. The van der Waals surface area contributed by atoms with Crippen LogP contribution in [0.4, 0.5) is 0 Å². The predicted molar refractivity (Wildman–Crippen MR) is 127 cm³/mol. The number of nitrogens with one attached hydrogen (secondary N) is 2. The fraction of sp³-hybridized carbons (Fsp3) is 0.400. The minimum Gasteiger partial charge on any atom is -0.497 e. The van der Waals surface area contributed by atoms with Crippen LogP contribution in [0.5, 0.6) is 23.0 Å². The topological polar surface area (TPSA) is 78.1 Å². The Kier molecular flexibility index (Phi) is 11.0. The lowest BCUT2D eigenvalue weighted by molar-refractivity contribution is -0.116.